The maximum Gasteiger partial charge on any atom is 0.417 e. The maximum absolute atomic E-state index is 15.4. The van der Waals surface area contributed by atoms with E-state index in [0.29, 0.717) is 67.6 Å². The second-order valence-electron chi connectivity index (χ2n) is 17.4. The Bertz CT molecular complexity index is 4110. The highest BCUT2D eigenvalue weighted by Crippen LogP contribution is 2.49. The summed E-state index contributed by atoms with van der Waals surface area (Å²) in [5, 5.41) is 14.6. The first-order valence-electron chi connectivity index (χ1n) is 22.9. The predicted molar refractivity (Wildman–Crippen MR) is 273 cm³/mol. The number of hydrogen-bond donors (Lipinski definition) is 0. The third-order valence-corrected chi connectivity index (χ3v) is 13.3. The molecule has 0 amide bonds. The van der Waals surface area contributed by atoms with Gasteiger partial charge >= 0.3 is 12.4 Å². The molecular formula is C61H35F6N5. The van der Waals surface area contributed by atoms with E-state index in [-0.39, 0.29) is 16.9 Å². The van der Waals surface area contributed by atoms with Crippen LogP contribution in [0, 0.1) is 11.3 Å². The van der Waals surface area contributed by atoms with E-state index in [4.69, 9.17) is 9.97 Å². The van der Waals surface area contributed by atoms with Gasteiger partial charge in [0.15, 0.2) is 0 Å². The number of halogens is 6. The number of nitrogens with zero attached hydrogens (tertiary/aromatic N) is 5. The molecule has 0 aliphatic rings. The zero-order valence-electron chi connectivity index (χ0n) is 37.7. The molecule has 0 bridgehead atoms. The van der Waals surface area contributed by atoms with Gasteiger partial charge in [0.05, 0.1) is 67.3 Å². The van der Waals surface area contributed by atoms with Gasteiger partial charge in [-0.3, -0.25) is 0 Å². The number of aromatic nitrogens is 4. The van der Waals surface area contributed by atoms with Crippen LogP contribution in [-0.2, 0) is 12.4 Å². The summed E-state index contributed by atoms with van der Waals surface area (Å²) < 4.78 is 95.6. The fourth-order valence-electron chi connectivity index (χ4n) is 10.1. The molecular weight excluding hydrogens is 917 g/mol. The Morgan fingerprint density at radius 2 is 0.792 bits per heavy atom. The molecule has 0 aliphatic carbocycles. The minimum Gasteiger partial charge on any atom is -0.308 e. The molecule has 12 rings (SSSR count). The highest BCUT2D eigenvalue weighted by atomic mass is 19.4. The lowest BCUT2D eigenvalue weighted by atomic mass is 9.90. The molecule has 0 saturated heterocycles. The van der Waals surface area contributed by atoms with Crippen LogP contribution in [-0.4, -0.2) is 19.1 Å². The Balaban J connectivity index is 1.19. The zero-order chi connectivity index (χ0) is 49.3. The van der Waals surface area contributed by atoms with E-state index in [9.17, 15) is 5.26 Å². The second kappa shape index (κ2) is 17.0. The molecule has 11 heteroatoms. The second-order valence-corrected chi connectivity index (χ2v) is 17.4. The van der Waals surface area contributed by atoms with Crippen LogP contribution < -0.4 is 0 Å². The van der Waals surface area contributed by atoms with E-state index >= 15 is 26.3 Å². The van der Waals surface area contributed by atoms with Crippen molar-refractivity contribution in [3.8, 4) is 73.6 Å². The summed E-state index contributed by atoms with van der Waals surface area (Å²) in [6.45, 7) is 0. The van der Waals surface area contributed by atoms with Gasteiger partial charge in [0.1, 0.15) is 11.6 Å². The molecule has 0 atom stereocenters. The minimum absolute atomic E-state index is 0.160. The summed E-state index contributed by atoms with van der Waals surface area (Å²) in [7, 11) is 0. The van der Waals surface area contributed by atoms with Crippen LogP contribution in [0.25, 0.3) is 111 Å². The fraction of sp³-hybridized carbons (Fsp3) is 0.0328. The number of fused-ring (bicyclic) bond motifs is 6. The lowest BCUT2D eigenvalue weighted by molar-refractivity contribution is -0.142. The number of rotatable bonds is 7. The molecule has 346 valence electrons. The van der Waals surface area contributed by atoms with Crippen LogP contribution >= 0.6 is 0 Å². The summed E-state index contributed by atoms with van der Waals surface area (Å²) in [5.74, 6) is 0. The van der Waals surface area contributed by atoms with E-state index < -0.39 is 34.6 Å². The molecule has 5 nitrogen and oxygen atoms in total. The van der Waals surface area contributed by atoms with Gasteiger partial charge in [0.25, 0.3) is 0 Å². The van der Waals surface area contributed by atoms with Crippen molar-refractivity contribution in [1.29, 1.82) is 5.26 Å². The Morgan fingerprint density at radius 1 is 0.375 bits per heavy atom. The third-order valence-electron chi connectivity index (χ3n) is 13.3. The summed E-state index contributed by atoms with van der Waals surface area (Å²) in [4.78, 5) is 10.0. The van der Waals surface area contributed by atoms with Gasteiger partial charge in [-0.25, -0.2) is 9.97 Å². The molecule has 0 radical (unpaired) electrons. The quantitative estimate of drug-likeness (QED) is 0.150. The summed E-state index contributed by atoms with van der Waals surface area (Å²) in [6.07, 6.45) is -10.4. The van der Waals surface area contributed by atoms with E-state index in [2.05, 4.69) is 6.07 Å². The first-order valence-corrected chi connectivity index (χ1v) is 22.9. The van der Waals surface area contributed by atoms with Gasteiger partial charge in [-0.05, 0) is 66.7 Å². The fourth-order valence-corrected chi connectivity index (χ4v) is 10.1. The Labute approximate surface area is 407 Å². The summed E-state index contributed by atoms with van der Waals surface area (Å²) in [6, 6.07) is 64.0. The maximum atomic E-state index is 15.4. The average Bonchev–Trinajstić information content (AvgIpc) is 3.92. The highest BCUT2D eigenvalue weighted by Gasteiger charge is 2.42. The molecule has 0 unspecified atom stereocenters. The molecule has 4 heterocycles. The number of hydrogen-bond acceptors (Lipinski definition) is 3. The molecule has 8 aromatic carbocycles. The van der Waals surface area contributed by atoms with E-state index in [1.807, 2.05) is 174 Å². The third kappa shape index (κ3) is 7.35. The van der Waals surface area contributed by atoms with Crippen LogP contribution in [0.15, 0.2) is 212 Å². The van der Waals surface area contributed by atoms with Crippen molar-refractivity contribution in [1.82, 2.24) is 19.1 Å². The van der Waals surface area contributed by atoms with Crippen LogP contribution in [0.5, 0.6) is 0 Å². The molecule has 0 spiro atoms. The zero-order valence-corrected chi connectivity index (χ0v) is 37.7. The lowest BCUT2D eigenvalue weighted by Gasteiger charge is -2.24. The Morgan fingerprint density at radius 3 is 1.28 bits per heavy atom. The standard InChI is InChI=1S/C61H35F6N5/c62-60(63,64)47-20-11-21-48(61(65,66)67)58(47)45-32-33-55(71-53-26-9-7-18-41(53)43-30-28-39(34-56(43)71)51-24-12-22-49(69-51)37-14-3-1-4-15-37)46(36-68)59(45)72-54-27-10-8-19-42(54)44-31-29-40(35-57(44)72)52-25-13-23-50(70-52)38-16-5-2-6-17-38/h1-35H. The molecule has 12 aromatic rings. The summed E-state index contributed by atoms with van der Waals surface area (Å²) >= 11 is 0. The van der Waals surface area contributed by atoms with Crippen molar-refractivity contribution in [3.05, 3.63) is 229 Å². The molecule has 0 N–H and O–H groups in total. The topological polar surface area (TPSA) is 59.4 Å². The first-order chi connectivity index (χ1) is 35.0. The van der Waals surface area contributed by atoms with Crippen LogP contribution in [0.1, 0.15) is 16.7 Å². The van der Waals surface area contributed by atoms with Crippen molar-refractivity contribution >= 4 is 43.6 Å². The lowest BCUT2D eigenvalue weighted by Crippen LogP contribution is -2.16. The Kier molecular flexibility index (Phi) is 10.4. The normalized spacial score (nSPS) is 12.0. The van der Waals surface area contributed by atoms with Crippen molar-refractivity contribution in [3.63, 3.8) is 0 Å². The first kappa shape index (κ1) is 44.0. The van der Waals surface area contributed by atoms with Gasteiger partial charge in [-0.2, -0.15) is 31.6 Å². The smallest absolute Gasteiger partial charge is 0.308 e. The SMILES string of the molecule is N#Cc1c(-n2c3ccccc3c3ccc(-c4cccc(-c5ccccc5)n4)cc32)ccc(-c2c(C(F)(F)F)cccc2C(F)(F)F)c1-n1c2ccccc2c2ccc(-c3cccc(-c4ccccc4)n3)cc21. The van der Waals surface area contributed by atoms with Crippen LogP contribution in [0.2, 0.25) is 0 Å². The number of nitriles is 1. The largest absolute Gasteiger partial charge is 0.417 e. The van der Waals surface area contributed by atoms with E-state index in [1.165, 1.54) is 12.1 Å². The predicted octanol–water partition coefficient (Wildman–Crippen LogP) is 16.9. The van der Waals surface area contributed by atoms with Gasteiger partial charge in [-0.1, -0.05) is 146 Å². The molecule has 4 aromatic heterocycles. The number of pyridine rings is 2. The monoisotopic (exact) mass is 951 g/mol. The summed E-state index contributed by atoms with van der Waals surface area (Å²) in [5.41, 5.74) is 3.47. The highest BCUT2D eigenvalue weighted by molar-refractivity contribution is 6.13. The van der Waals surface area contributed by atoms with E-state index in [1.54, 1.807) is 16.7 Å². The van der Waals surface area contributed by atoms with Crippen molar-refractivity contribution < 1.29 is 26.3 Å². The Hall–Kier alpha value is -9.27. The minimum atomic E-state index is -5.22. The van der Waals surface area contributed by atoms with Gasteiger partial charge in [0.2, 0.25) is 0 Å². The van der Waals surface area contributed by atoms with E-state index in [0.717, 1.165) is 39.2 Å². The number of benzene rings is 8. The van der Waals surface area contributed by atoms with Crippen LogP contribution in [0.3, 0.4) is 0 Å². The van der Waals surface area contributed by atoms with Crippen molar-refractivity contribution in [2.24, 2.45) is 0 Å². The average molecular weight is 952 g/mol. The van der Waals surface area contributed by atoms with Gasteiger partial charge in [-0.15, -0.1) is 0 Å². The molecule has 0 saturated carbocycles. The van der Waals surface area contributed by atoms with Crippen LogP contribution in [0.4, 0.5) is 26.3 Å². The van der Waals surface area contributed by atoms with Gasteiger partial charge in [0, 0.05) is 54.9 Å². The molecule has 0 fully saturated rings. The number of para-hydroxylation sites is 2. The van der Waals surface area contributed by atoms with Crippen molar-refractivity contribution in [2.45, 2.75) is 12.4 Å². The van der Waals surface area contributed by atoms with Gasteiger partial charge < -0.3 is 9.13 Å². The molecule has 72 heavy (non-hydrogen) atoms. The van der Waals surface area contributed by atoms with Crippen molar-refractivity contribution in [2.75, 3.05) is 0 Å². The molecule has 0 aliphatic heterocycles. The number of alkyl halides is 6.